The molecule has 2 aliphatic rings. The highest BCUT2D eigenvalue weighted by Gasteiger charge is 2.27. The molecule has 1 amide bonds. The summed E-state index contributed by atoms with van der Waals surface area (Å²) in [5.74, 6) is 0.608. The molecule has 0 unspecified atom stereocenters. The fraction of sp³-hybridized carbons (Fsp3) is 0.462. The van der Waals surface area contributed by atoms with Crippen LogP contribution in [0.15, 0.2) is 24.3 Å². The Morgan fingerprint density at radius 3 is 3.06 bits per heavy atom. The van der Waals surface area contributed by atoms with Crippen LogP contribution < -0.4 is 10.2 Å². The molecule has 0 aromatic heterocycles. The van der Waals surface area contributed by atoms with Gasteiger partial charge >= 0.3 is 6.09 Å². The van der Waals surface area contributed by atoms with E-state index in [-0.39, 0.29) is 6.09 Å². The Bertz CT molecular complexity index is 429. The van der Waals surface area contributed by atoms with Gasteiger partial charge in [0.25, 0.3) is 0 Å². The molecule has 1 aliphatic heterocycles. The summed E-state index contributed by atoms with van der Waals surface area (Å²) in [5, 5.41) is 3.28. The van der Waals surface area contributed by atoms with Gasteiger partial charge < -0.3 is 10.1 Å². The number of carbonyl (C=O) groups excluding carboxylic acids is 1. The van der Waals surface area contributed by atoms with Crippen molar-refractivity contribution in [3.63, 3.8) is 0 Å². The highest BCUT2D eigenvalue weighted by molar-refractivity contribution is 5.93. The normalized spacial score (nSPS) is 18.2. The summed E-state index contributed by atoms with van der Waals surface area (Å²) in [6, 6.07) is 7.83. The van der Waals surface area contributed by atoms with Crippen molar-refractivity contribution in [2.45, 2.75) is 12.8 Å². The van der Waals surface area contributed by atoms with Gasteiger partial charge in [-0.25, -0.2) is 4.79 Å². The molecule has 0 bridgehead atoms. The highest BCUT2D eigenvalue weighted by atomic mass is 16.6. The van der Waals surface area contributed by atoms with Crippen LogP contribution in [0.4, 0.5) is 16.2 Å². The van der Waals surface area contributed by atoms with Crippen molar-refractivity contribution >= 4 is 17.5 Å². The van der Waals surface area contributed by atoms with E-state index < -0.39 is 0 Å². The Hall–Kier alpha value is -1.71. The van der Waals surface area contributed by atoms with Crippen LogP contribution in [0, 0.1) is 5.92 Å². The molecule has 1 heterocycles. The fourth-order valence-corrected chi connectivity index (χ4v) is 2.02. The van der Waals surface area contributed by atoms with E-state index in [2.05, 4.69) is 5.32 Å². The summed E-state index contributed by atoms with van der Waals surface area (Å²) in [6.07, 6.45) is 2.18. The Morgan fingerprint density at radius 1 is 1.41 bits per heavy atom. The molecule has 4 heteroatoms. The second-order valence-electron chi connectivity index (χ2n) is 4.62. The van der Waals surface area contributed by atoms with Crippen molar-refractivity contribution in [3.05, 3.63) is 24.3 Å². The quantitative estimate of drug-likeness (QED) is 0.851. The van der Waals surface area contributed by atoms with Crippen LogP contribution in [0.2, 0.25) is 0 Å². The third-order valence-corrected chi connectivity index (χ3v) is 3.21. The summed E-state index contributed by atoms with van der Waals surface area (Å²) in [5.41, 5.74) is 1.92. The first-order valence-corrected chi connectivity index (χ1v) is 6.12. The van der Waals surface area contributed by atoms with Crippen LogP contribution in [-0.4, -0.2) is 25.8 Å². The molecule has 1 aromatic rings. The average molecular weight is 232 g/mol. The van der Waals surface area contributed by atoms with Gasteiger partial charge in [0.2, 0.25) is 0 Å². The van der Waals surface area contributed by atoms with Gasteiger partial charge in [-0.1, -0.05) is 12.1 Å². The minimum absolute atomic E-state index is 0.217. The number of para-hydroxylation sites is 2. The Kier molecular flexibility index (Phi) is 2.63. The SMILES string of the molecule is O=C(OCC1CC1)N1CCNc2ccccc21. The van der Waals surface area contributed by atoms with Crippen molar-refractivity contribution in [1.82, 2.24) is 0 Å². The topological polar surface area (TPSA) is 41.6 Å². The first kappa shape index (κ1) is 10.4. The number of fused-ring (bicyclic) bond motifs is 1. The third kappa shape index (κ3) is 2.20. The van der Waals surface area contributed by atoms with Crippen molar-refractivity contribution in [2.24, 2.45) is 5.92 Å². The first-order valence-electron chi connectivity index (χ1n) is 6.12. The zero-order chi connectivity index (χ0) is 11.7. The maximum Gasteiger partial charge on any atom is 0.414 e. The second kappa shape index (κ2) is 4.28. The summed E-state index contributed by atoms with van der Waals surface area (Å²) in [6.45, 7) is 2.01. The number of rotatable bonds is 2. The third-order valence-electron chi connectivity index (χ3n) is 3.21. The van der Waals surface area contributed by atoms with Gasteiger partial charge in [0.15, 0.2) is 0 Å². The molecule has 1 saturated carbocycles. The second-order valence-corrected chi connectivity index (χ2v) is 4.62. The van der Waals surface area contributed by atoms with Crippen molar-refractivity contribution in [1.29, 1.82) is 0 Å². The van der Waals surface area contributed by atoms with Crippen LogP contribution >= 0.6 is 0 Å². The minimum atomic E-state index is -0.217. The van der Waals surface area contributed by atoms with Gasteiger partial charge in [-0.05, 0) is 30.9 Å². The molecule has 4 nitrogen and oxygen atoms in total. The Labute approximate surface area is 101 Å². The summed E-state index contributed by atoms with van der Waals surface area (Å²) >= 11 is 0. The lowest BCUT2D eigenvalue weighted by Crippen LogP contribution is -2.39. The van der Waals surface area contributed by atoms with Gasteiger partial charge in [0.05, 0.1) is 18.0 Å². The van der Waals surface area contributed by atoms with E-state index in [0.29, 0.717) is 19.1 Å². The van der Waals surface area contributed by atoms with E-state index in [1.54, 1.807) is 4.90 Å². The molecule has 0 spiro atoms. The zero-order valence-corrected chi connectivity index (χ0v) is 9.69. The van der Waals surface area contributed by atoms with Gasteiger partial charge in [-0.15, -0.1) is 0 Å². The standard InChI is InChI=1S/C13H16N2O2/c16-13(17-9-10-5-6-10)15-8-7-14-11-3-1-2-4-12(11)15/h1-4,10,14H,5-9H2. The highest BCUT2D eigenvalue weighted by Crippen LogP contribution is 2.31. The van der Waals surface area contributed by atoms with E-state index >= 15 is 0 Å². The van der Waals surface area contributed by atoms with E-state index in [4.69, 9.17) is 4.74 Å². The predicted octanol–water partition coefficient (Wildman–Crippen LogP) is 2.47. The van der Waals surface area contributed by atoms with E-state index in [1.807, 2.05) is 24.3 Å². The smallest absolute Gasteiger partial charge is 0.414 e. The van der Waals surface area contributed by atoms with Crippen LogP contribution in [0.3, 0.4) is 0 Å². The van der Waals surface area contributed by atoms with Gasteiger partial charge in [-0.2, -0.15) is 0 Å². The molecule has 1 aromatic carbocycles. The van der Waals surface area contributed by atoms with E-state index in [1.165, 1.54) is 12.8 Å². The number of nitrogens with zero attached hydrogens (tertiary/aromatic N) is 1. The van der Waals surface area contributed by atoms with Crippen molar-refractivity contribution in [2.75, 3.05) is 29.9 Å². The Balaban J connectivity index is 1.72. The van der Waals surface area contributed by atoms with Crippen LogP contribution in [0.1, 0.15) is 12.8 Å². The minimum Gasteiger partial charge on any atom is -0.449 e. The fourth-order valence-electron chi connectivity index (χ4n) is 2.02. The summed E-state index contributed by atoms with van der Waals surface area (Å²) < 4.78 is 5.32. The van der Waals surface area contributed by atoms with Gasteiger partial charge in [0.1, 0.15) is 0 Å². The molecule has 0 radical (unpaired) electrons. The monoisotopic (exact) mass is 232 g/mol. The molecule has 17 heavy (non-hydrogen) atoms. The number of ether oxygens (including phenoxy) is 1. The van der Waals surface area contributed by atoms with Gasteiger partial charge in [-0.3, -0.25) is 4.90 Å². The van der Waals surface area contributed by atoms with Crippen LogP contribution in [-0.2, 0) is 4.74 Å². The molecule has 1 N–H and O–H groups in total. The number of benzene rings is 1. The van der Waals surface area contributed by atoms with Crippen LogP contribution in [0.25, 0.3) is 0 Å². The molecule has 1 aliphatic carbocycles. The number of amides is 1. The molecule has 0 atom stereocenters. The number of carbonyl (C=O) groups is 1. The molecule has 1 fully saturated rings. The molecular weight excluding hydrogens is 216 g/mol. The average Bonchev–Trinajstić information content (AvgIpc) is 3.19. The first-order chi connectivity index (χ1) is 8.34. The summed E-state index contributed by atoms with van der Waals surface area (Å²) in [4.78, 5) is 13.7. The lowest BCUT2D eigenvalue weighted by Gasteiger charge is -2.29. The van der Waals surface area contributed by atoms with Crippen LogP contribution in [0.5, 0.6) is 0 Å². The van der Waals surface area contributed by atoms with Crippen molar-refractivity contribution in [3.8, 4) is 0 Å². The number of hydrogen-bond donors (Lipinski definition) is 1. The largest absolute Gasteiger partial charge is 0.449 e. The molecular formula is C13H16N2O2. The number of nitrogens with one attached hydrogen (secondary N) is 1. The molecule has 90 valence electrons. The maximum absolute atomic E-state index is 12.0. The van der Waals surface area contributed by atoms with Crippen molar-refractivity contribution < 1.29 is 9.53 Å². The lowest BCUT2D eigenvalue weighted by molar-refractivity contribution is 0.148. The van der Waals surface area contributed by atoms with Gasteiger partial charge in [0, 0.05) is 13.1 Å². The Morgan fingerprint density at radius 2 is 2.24 bits per heavy atom. The predicted molar refractivity (Wildman–Crippen MR) is 66.3 cm³/mol. The number of hydrogen-bond acceptors (Lipinski definition) is 3. The van der Waals surface area contributed by atoms with E-state index in [9.17, 15) is 4.79 Å². The summed E-state index contributed by atoms with van der Waals surface area (Å²) in [7, 11) is 0. The maximum atomic E-state index is 12.0. The van der Waals surface area contributed by atoms with E-state index in [0.717, 1.165) is 17.9 Å². The number of anilines is 2. The molecule has 3 rings (SSSR count). The lowest BCUT2D eigenvalue weighted by atomic mass is 10.2. The molecule has 0 saturated heterocycles. The zero-order valence-electron chi connectivity index (χ0n) is 9.69.